The average molecular weight is 815 g/mol. The Morgan fingerprint density at radius 1 is 0.763 bits per heavy atom. The first-order valence-corrected chi connectivity index (χ1v) is 20.2. The zero-order valence-corrected chi connectivity index (χ0v) is 33.2. The maximum absolute atomic E-state index is 14.3. The number of carbonyl (C=O) groups is 1. The summed E-state index contributed by atoms with van der Waals surface area (Å²) in [5.74, 6) is -3.12. The van der Waals surface area contributed by atoms with Crippen molar-refractivity contribution in [2.45, 2.75) is 22.3 Å². The first-order chi connectivity index (χ1) is 28.3. The number of carbonyl (C=O) groups excluding carboxylic acids is 1. The largest absolute Gasteiger partial charge is 0.370 e. The van der Waals surface area contributed by atoms with Gasteiger partial charge in [0, 0.05) is 42.8 Å². The molecule has 0 radical (unpaired) electrons. The van der Waals surface area contributed by atoms with Crippen LogP contribution in [0.25, 0.3) is 10.9 Å². The SMILES string of the molecule is CCN(CCN(C)C)c1ccc(C(=O)Nc2nn(C(c3ccccc3)(c3ccccc3)c3ccccc3)c3ccc(S(=O)(=O)c4cc(F)cc(F)c4)cc23)c([N+](=O)[O-])c1. The van der Waals surface area contributed by atoms with Crippen LogP contribution in [0.2, 0.25) is 0 Å². The second kappa shape index (κ2) is 16.6. The van der Waals surface area contributed by atoms with E-state index in [1.54, 1.807) is 10.7 Å². The molecule has 7 rings (SSSR count). The van der Waals surface area contributed by atoms with Gasteiger partial charge in [0.1, 0.15) is 22.7 Å². The number of anilines is 2. The first-order valence-electron chi connectivity index (χ1n) is 18.7. The molecule has 300 valence electrons. The maximum Gasteiger partial charge on any atom is 0.284 e. The Bertz CT molecular complexity index is 2650. The van der Waals surface area contributed by atoms with Gasteiger partial charge in [-0.2, -0.15) is 5.10 Å². The molecule has 0 aliphatic rings. The molecular weight excluding hydrogens is 775 g/mol. The number of nitro groups is 1. The van der Waals surface area contributed by atoms with Gasteiger partial charge in [-0.3, -0.25) is 14.9 Å². The van der Waals surface area contributed by atoms with Crippen molar-refractivity contribution < 1.29 is 26.9 Å². The van der Waals surface area contributed by atoms with Crippen LogP contribution in [-0.4, -0.2) is 67.7 Å². The van der Waals surface area contributed by atoms with Crippen molar-refractivity contribution in [3.8, 4) is 0 Å². The molecule has 0 aliphatic carbocycles. The van der Waals surface area contributed by atoms with E-state index in [4.69, 9.17) is 5.10 Å². The predicted octanol–water partition coefficient (Wildman–Crippen LogP) is 8.54. The van der Waals surface area contributed by atoms with Crippen molar-refractivity contribution in [3.05, 3.63) is 190 Å². The normalized spacial score (nSPS) is 11.8. The molecule has 0 fully saturated rings. The van der Waals surface area contributed by atoms with Gasteiger partial charge in [-0.25, -0.2) is 21.9 Å². The molecule has 1 aromatic heterocycles. The summed E-state index contributed by atoms with van der Waals surface area (Å²) in [6, 6.07) is 39.1. The molecule has 0 saturated heterocycles. The van der Waals surface area contributed by atoms with E-state index in [0.717, 1.165) is 28.8 Å². The monoisotopic (exact) mass is 814 g/mol. The quantitative estimate of drug-likeness (QED) is 0.0657. The van der Waals surface area contributed by atoms with Gasteiger partial charge < -0.3 is 15.1 Å². The average Bonchev–Trinajstić information content (AvgIpc) is 3.59. The third-order valence-electron chi connectivity index (χ3n) is 10.2. The molecule has 59 heavy (non-hydrogen) atoms. The third kappa shape index (κ3) is 7.79. The van der Waals surface area contributed by atoms with Gasteiger partial charge in [-0.15, -0.1) is 0 Å². The van der Waals surface area contributed by atoms with E-state index in [1.165, 1.54) is 30.3 Å². The van der Waals surface area contributed by atoms with Crippen LogP contribution in [0, 0.1) is 21.7 Å². The van der Waals surface area contributed by atoms with E-state index < -0.39 is 48.4 Å². The van der Waals surface area contributed by atoms with Gasteiger partial charge in [-0.05, 0) is 80.2 Å². The fraction of sp³-hybridized carbons (Fsp3) is 0.156. The number of aromatic nitrogens is 2. The van der Waals surface area contributed by atoms with Crippen LogP contribution in [0.15, 0.2) is 155 Å². The third-order valence-corrected chi connectivity index (χ3v) is 11.9. The van der Waals surface area contributed by atoms with Crippen LogP contribution in [-0.2, 0) is 15.4 Å². The molecular formula is C45H40F2N6O5S. The summed E-state index contributed by atoms with van der Waals surface area (Å²) in [6.45, 7) is 3.79. The molecule has 1 N–H and O–H groups in total. The Morgan fingerprint density at radius 3 is 1.83 bits per heavy atom. The van der Waals surface area contributed by atoms with Crippen molar-refractivity contribution in [1.82, 2.24) is 14.7 Å². The van der Waals surface area contributed by atoms with Gasteiger partial charge in [-0.1, -0.05) is 91.0 Å². The van der Waals surface area contributed by atoms with Crippen molar-refractivity contribution in [3.63, 3.8) is 0 Å². The maximum atomic E-state index is 14.3. The van der Waals surface area contributed by atoms with Gasteiger partial charge >= 0.3 is 0 Å². The minimum absolute atomic E-state index is 0.112. The van der Waals surface area contributed by atoms with Crippen molar-refractivity contribution >= 4 is 43.8 Å². The van der Waals surface area contributed by atoms with E-state index in [2.05, 4.69) is 5.32 Å². The second-order valence-electron chi connectivity index (χ2n) is 14.2. The number of nitro benzene ring substituents is 1. The van der Waals surface area contributed by atoms with E-state index in [0.29, 0.717) is 36.9 Å². The number of hydrogen-bond acceptors (Lipinski definition) is 8. The summed E-state index contributed by atoms with van der Waals surface area (Å²) >= 11 is 0. The molecule has 0 aliphatic heterocycles. The summed E-state index contributed by atoms with van der Waals surface area (Å²) in [5, 5.41) is 20.5. The molecule has 0 unspecified atom stereocenters. The summed E-state index contributed by atoms with van der Waals surface area (Å²) in [6.07, 6.45) is 0. The molecule has 1 heterocycles. The Kier molecular flexibility index (Phi) is 11.4. The van der Waals surface area contributed by atoms with Gasteiger partial charge in [0.05, 0.1) is 20.2 Å². The molecule has 14 heteroatoms. The lowest BCUT2D eigenvalue weighted by atomic mass is 9.77. The van der Waals surface area contributed by atoms with Crippen molar-refractivity contribution in [1.29, 1.82) is 0 Å². The van der Waals surface area contributed by atoms with Crippen molar-refractivity contribution in [2.75, 3.05) is 43.9 Å². The number of nitrogens with zero attached hydrogens (tertiary/aromatic N) is 5. The van der Waals surface area contributed by atoms with Crippen LogP contribution in [0.4, 0.5) is 26.0 Å². The number of hydrogen-bond donors (Lipinski definition) is 1. The zero-order chi connectivity index (χ0) is 41.9. The molecule has 1 amide bonds. The van der Waals surface area contributed by atoms with Crippen LogP contribution < -0.4 is 10.2 Å². The van der Waals surface area contributed by atoms with Gasteiger partial charge in [0.2, 0.25) is 9.84 Å². The summed E-state index contributed by atoms with van der Waals surface area (Å²) in [4.78, 5) is 29.2. The summed E-state index contributed by atoms with van der Waals surface area (Å²) < 4.78 is 58.4. The van der Waals surface area contributed by atoms with E-state index in [-0.39, 0.29) is 21.7 Å². The minimum Gasteiger partial charge on any atom is -0.370 e. The number of benzene rings is 6. The predicted molar refractivity (Wildman–Crippen MR) is 224 cm³/mol. The lowest BCUT2D eigenvalue weighted by Crippen LogP contribution is -2.38. The van der Waals surface area contributed by atoms with E-state index in [9.17, 15) is 32.1 Å². The highest BCUT2D eigenvalue weighted by molar-refractivity contribution is 7.91. The van der Waals surface area contributed by atoms with Crippen LogP contribution >= 0.6 is 0 Å². The van der Waals surface area contributed by atoms with Crippen LogP contribution in [0.5, 0.6) is 0 Å². The number of likely N-dealkylation sites (N-methyl/N-ethyl adjacent to an activating group) is 2. The molecule has 0 saturated carbocycles. The number of rotatable bonds is 14. The van der Waals surface area contributed by atoms with E-state index >= 15 is 0 Å². The Hall–Kier alpha value is -6.77. The summed E-state index contributed by atoms with van der Waals surface area (Å²) in [5.41, 5.74) is 1.33. The lowest BCUT2D eigenvalue weighted by Gasteiger charge is -2.37. The van der Waals surface area contributed by atoms with Crippen LogP contribution in [0.3, 0.4) is 0 Å². The summed E-state index contributed by atoms with van der Waals surface area (Å²) in [7, 11) is -0.669. The minimum atomic E-state index is -4.53. The molecule has 6 aromatic carbocycles. The number of fused-ring (bicyclic) bond motifs is 1. The van der Waals surface area contributed by atoms with Gasteiger partial charge in [0.15, 0.2) is 5.82 Å². The Balaban J connectivity index is 1.47. The van der Waals surface area contributed by atoms with Crippen molar-refractivity contribution in [2.24, 2.45) is 0 Å². The van der Waals surface area contributed by atoms with Crippen LogP contribution in [0.1, 0.15) is 34.0 Å². The smallest absolute Gasteiger partial charge is 0.284 e. The highest BCUT2D eigenvalue weighted by Crippen LogP contribution is 2.44. The zero-order valence-electron chi connectivity index (χ0n) is 32.4. The number of sulfone groups is 1. The number of halogens is 2. The first kappa shape index (κ1) is 40.4. The number of nitrogens with one attached hydrogen (secondary N) is 1. The van der Waals surface area contributed by atoms with Gasteiger partial charge in [0.25, 0.3) is 11.6 Å². The topological polar surface area (TPSA) is 131 Å². The molecule has 0 spiro atoms. The molecule has 0 bridgehead atoms. The fourth-order valence-corrected chi connectivity index (χ4v) is 8.69. The fourth-order valence-electron chi connectivity index (χ4n) is 7.36. The molecule has 0 atom stereocenters. The standard InChI is InChI=1S/C45H40F2N6O5S/c1-4-51(25-24-50(2)3)36-20-22-39(42(29-36)53(55)56)44(54)48-43-40-30-37(59(57,58)38-27-34(46)26-35(47)28-38)21-23-41(40)52(49-43)45(31-14-8-5-9-15-31,32-16-10-6-11-17-32)33-18-12-7-13-19-33/h5-23,26-30H,4,24-25H2,1-3H3,(H,48,49,54). The Labute approximate surface area is 340 Å². The lowest BCUT2D eigenvalue weighted by molar-refractivity contribution is -0.385. The second-order valence-corrected chi connectivity index (χ2v) is 16.1. The molecule has 11 nitrogen and oxygen atoms in total. The number of amides is 1. The molecule has 7 aromatic rings. The Morgan fingerprint density at radius 2 is 1.32 bits per heavy atom. The highest BCUT2D eigenvalue weighted by atomic mass is 32.2. The van der Waals surface area contributed by atoms with E-state index in [1.807, 2.05) is 122 Å². The highest BCUT2D eigenvalue weighted by Gasteiger charge is 2.41.